The Kier molecular flexibility index (Phi) is 4.50. The summed E-state index contributed by atoms with van der Waals surface area (Å²) < 4.78 is 2.23. The lowest BCUT2D eigenvalue weighted by Gasteiger charge is -2.56. The number of nitrogens with zero attached hydrogens (tertiary/aromatic N) is 3. The van der Waals surface area contributed by atoms with Crippen molar-refractivity contribution in [3.63, 3.8) is 0 Å². The molecule has 0 radical (unpaired) electrons. The number of amides is 1. The Hall–Kier alpha value is -1.04. The van der Waals surface area contributed by atoms with Crippen LogP contribution < -0.4 is 5.32 Å². The Morgan fingerprint density at radius 2 is 1.81 bits per heavy atom. The van der Waals surface area contributed by atoms with Gasteiger partial charge in [0.15, 0.2) is 5.16 Å². The highest BCUT2D eigenvalue weighted by Gasteiger charge is 2.50. The molecule has 1 aromatic rings. The molecule has 26 heavy (non-hydrogen) atoms. The quantitative estimate of drug-likeness (QED) is 0.802. The molecule has 0 unspecified atom stereocenters. The maximum absolute atomic E-state index is 12.5. The number of fused-ring (bicyclic) bond motifs is 1. The Labute approximate surface area is 160 Å². The number of carbonyl (C=O) groups is 1. The van der Waals surface area contributed by atoms with E-state index in [4.69, 9.17) is 0 Å². The van der Waals surface area contributed by atoms with Gasteiger partial charge in [-0.2, -0.15) is 0 Å². The number of aromatic nitrogens is 3. The summed E-state index contributed by atoms with van der Waals surface area (Å²) >= 11 is 1.55. The van der Waals surface area contributed by atoms with Crippen LogP contribution in [0.3, 0.4) is 0 Å². The molecule has 1 amide bonds. The molecule has 2 heterocycles. The first-order valence-electron chi connectivity index (χ1n) is 10.5. The SMILES string of the molecule is O=C(CSc1nnc2n1CCCCC2)NCC12CC3CC(CC(C3)C1)C2. The second kappa shape index (κ2) is 6.84. The van der Waals surface area contributed by atoms with E-state index in [0.717, 1.165) is 48.2 Å². The molecule has 4 fully saturated rings. The summed E-state index contributed by atoms with van der Waals surface area (Å²) in [5, 5.41) is 12.9. The molecule has 5 aliphatic rings. The summed E-state index contributed by atoms with van der Waals surface area (Å²) in [6.07, 6.45) is 13.1. The van der Waals surface area contributed by atoms with Crippen LogP contribution in [0.4, 0.5) is 0 Å². The van der Waals surface area contributed by atoms with Crippen LogP contribution in [0.1, 0.15) is 63.6 Å². The van der Waals surface area contributed by atoms with Crippen molar-refractivity contribution in [2.24, 2.45) is 23.2 Å². The van der Waals surface area contributed by atoms with Crippen LogP contribution in [0.15, 0.2) is 5.16 Å². The fourth-order valence-electron chi connectivity index (χ4n) is 6.54. The predicted octanol–water partition coefficient (Wildman–Crippen LogP) is 3.43. The third-order valence-electron chi connectivity index (χ3n) is 7.23. The number of aryl methyl sites for hydroxylation is 1. The summed E-state index contributed by atoms with van der Waals surface area (Å²) in [4.78, 5) is 12.5. The fourth-order valence-corrected chi connectivity index (χ4v) is 7.35. The van der Waals surface area contributed by atoms with E-state index in [0.29, 0.717) is 11.2 Å². The molecule has 4 bridgehead atoms. The number of hydrogen-bond donors (Lipinski definition) is 1. The van der Waals surface area contributed by atoms with E-state index in [1.54, 1.807) is 11.8 Å². The average Bonchev–Trinajstić information content (AvgIpc) is 2.83. The minimum Gasteiger partial charge on any atom is -0.355 e. The first kappa shape index (κ1) is 17.1. The summed E-state index contributed by atoms with van der Waals surface area (Å²) in [7, 11) is 0. The van der Waals surface area contributed by atoms with Gasteiger partial charge in [0.05, 0.1) is 5.75 Å². The van der Waals surface area contributed by atoms with Gasteiger partial charge in [0.2, 0.25) is 5.91 Å². The second-order valence-electron chi connectivity index (χ2n) is 9.34. The van der Waals surface area contributed by atoms with Crippen LogP contribution in [-0.2, 0) is 17.8 Å². The van der Waals surface area contributed by atoms with Crippen LogP contribution in [0, 0.1) is 23.2 Å². The molecule has 4 saturated carbocycles. The van der Waals surface area contributed by atoms with Crippen molar-refractivity contribution < 1.29 is 4.79 Å². The lowest BCUT2D eigenvalue weighted by molar-refractivity contribution is -0.120. The molecule has 142 valence electrons. The normalized spacial score (nSPS) is 35.2. The van der Waals surface area contributed by atoms with E-state index in [1.807, 2.05) is 0 Å². The first-order valence-corrected chi connectivity index (χ1v) is 11.5. The standard InChI is InChI=1S/C20H30N4OS/c25-18(12-26-19-23-22-17-4-2-1-3-5-24(17)19)21-13-20-9-14-6-15(10-20)8-16(7-14)11-20/h14-16H,1-13H2,(H,21,25). The molecule has 1 N–H and O–H groups in total. The molecular formula is C20H30N4OS. The van der Waals surface area contributed by atoms with Crippen molar-refractivity contribution in [1.29, 1.82) is 0 Å². The molecular weight excluding hydrogens is 344 g/mol. The van der Waals surface area contributed by atoms with Gasteiger partial charge >= 0.3 is 0 Å². The molecule has 1 aliphatic heterocycles. The van der Waals surface area contributed by atoms with Crippen LogP contribution >= 0.6 is 11.8 Å². The Bertz CT molecular complexity index is 650. The molecule has 6 rings (SSSR count). The van der Waals surface area contributed by atoms with Gasteiger partial charge in [0.25, 0.3) is 0 Å². The van der Waals surface area contributed by atoms with E-state index >= 15 is 0 Å². The van der Waals surface area contributed by atoms with Crippen LogP contribution in [-0.4, -0.2) is 33.0 Å². The topological polar surface area (TPSA) is 59.8 Å². The molecule has 0 saturated heterocycles. The van der Waals surface area contributed by atoms with Gasteiger partial charge in [-0.25, -0.2) is 0 Å². The second-order valence-corrected chi connectivity index (χ2v) is 10.3. The Balaban J connectivity index is 1.15. The van der Waals surface area contributed by atoms with Gasteiger partial charge in [-0.05, 0) is 74.5 Å². The van der Waals surface area contributed by atoms with E-state index in [2.05, 4.69) is 20.1 Å². The van der Waals surface area contributed by atoms with Crippen LogP contribution in [0.25, 0.3) is 0 Å². The first-order chi connectivity index (χ1) is 12.7. The number of carbonyl (C=O) groups excluding carboxylic acids is 1. The number of rotatable bonds is 5. The molecule has 6 heteroatoms. The summed E-state index contributed by atoms with van der Waals surface area (Å²) in [6, 6.07) is 0. The minimum absolute atomic E-state index is 0.164. The zero-order valence-electron chi connectivity index (χ0n) is 15.6. The predicted molar refractivity (Wildman–Crippen MR) is 102 cm³/mol. The molecule has 1 aromatic heterocycles. The maximum atomic E-state index is 12.5. The fraction of sp³-hybridized carbons (Fsp3) is 0.850. The van der Waals surface area contributed by atoms with Crippen molar-refractivity contribution >= 4 is 17.7 Å². The molecule has 4 aliphatic carbocycles. The van der Waals surface area contributed by atoms with Gasteiger partial charge in [-0.3, -0.25) is 4.79 Å². The van der Waals surface area contributed by atoms with E-state index in [1.165, 1.54) is 57.8 Å². The van der Waals surface area contributed by atoms with Crippen molar-refractivity contribution in [2.75, 3.05) is 12.3 Å². The van der Waals surface area contributed by atoms with Gasteiger partial charge < -0.3 is 9.88 Å². The highest BCUT2D eigenvalue weighted by molar-refractivity contribution is 7.99. The van der Waals surface area contributed by atoms with Crippen molar-refractivity contribution in [1.82, 2.24) is 20.1 Å². The average molecular weight is 375 g/mol. The van der Waals surface area contributed by atoms with Gasteiger partial charge in [-0.1, -0.05) is 18.2 Å². The lowest BCUT2D eigenvalue weighted by atomic mass is 9.49. The Morgan fingerprint density at radius 3 is 2.54 bits per heavy atom. The highest BCUT2D eigenvalue weighted by atomic mass is 32.2. The summed E-state index contributed by atoms with van der Waals surface area (Å²) in [5.74, 6) is 4.55. The number of nitrogens with one attached hydrogen (secondary N) is 1. The van der Waals surface area contributed by atoms with Gasteiger partial charge in [0.1, 0.15) is 5.82 Å². The van der Waals surface area contributed by atoms with Crippen molar-refractivity contribution in [3.05, 3.63) is 5.82 Å². The minimum atomic E-state index is 0.164. The monoisotopic (exact) mass is 374 g/mol. The lowest BCUT2D eigenvalue weighted by Crippen LogP contribution is -2.51. The largest absolute Gasteiger partial charge is 0.355 e. The third-order valence-corrected chi connectivity index (χ3v) is 8.20. The molecule has 5 nitrogen and oxygen atoms in total. The third kappa shape index (κ3) is 3.30. The smallest absolute Gasteiger partial charge is 0.230 e. The Morgan fingerprint density at radius 1 is 1.08 bits per heavy atom. The van der Waals surface area contributed by atoms with E-state index in [-0.39, 0.29) is 5.91 Å². The van der Waals surface area contributed by atoms with Crippen molar-refractivity contribution in [2.45, 2.75) is 75.9 Å². The number of thioether (sulfide) groups is 1. The van der Waals surface area contributed by atoms with Crippen molar-refractivity contribution in [3.8, 4) is 0 Å². The summed E-state index contributed by atoms with van der Waals surface area (Å²) in [5.41, 5.74) is 0.418. The molecule has 0 atom stereocenters. The van der Waals surface area contributed by atoms with E-state index < -0.39 is 0 Å². The van der Waals surface area contributed by atoms with Gasteiger partial charge in [-0.15, -0.1) is 10.2 Å². The zero-order chi connectivity index (χ0) is 17.6. The van der Waals surface area contributed by atoms with Crippen LogP contribution in [0.2, 0.25) is 0 Å². The molecule has 0 aromatic carbocycles. The molecule has 0 spiro atoms. The summed E-state index contributed by atoms with van der Waals surface area (Å²) in [6.45, 7) is 1.90. The number of hydrogen-bond acceptors (Lipinski definition) is 4. The zero-order valence-corrected chi connectivity index (χ0v) is 16.4. The highest BCUT2D eigenvalue weighted by Crippen LogP contribution is 2.59. The van der Waals surface area contributed by atoms with Crippen LogP contribution in [0.5, 0.6) is 0 Å². The maximum Gasteiger partial charge on any atom is 0.230 e. The van der Waals surface area contributed by atoms with E-state index in [9.17, 15) is 4.79 Å². The van der Waals surface area contributed by atoms with Gasteiger partial charge in [0, 0.05) is 19.5 Å².